The highest BCUT2D eigenvalue weighted by Gasteiger charge is 2.15. The molecule has 4 heteroatoms. The number of pyridine rings is 1. The van der Waals surface area contributed by atoms with Crippen molar-refractivity contribution in [2.45, 2.75) is 26.3 Å². The molecule has 1 aromatic heterocycles. The SMILES string of the molecule is CCNC(Cc1ccc(Cl)cc1F)c1cccc(C)n1. The third kappa shape index (κ3) is 3.78. The van der Waals surface area contributed by atoms with Crippen molar-refractivity contribution in [2.75, 3.05) is 6.54 Å². The minimum atomic E-state index is -0.270. The van der Waals surface area contributed by atoms with Crippen LogP contribution in [0.5, 0.6) is 0 Å². The van der Waals surface area contributed by atoms with E-state index in [2.05, 4.69) is 10.3 Å². The summed E-state index contributed by atoms with van der Waals surface area (Å²) in [5, 5.41) is 3.77. The molecule has 2 aromatic rings. The minimum absolute atomic E-state index is 0.00410. The van der Waals surface area contributed by atoms with Crippen molar-refractivity contribution in [3.63, 3.8) is 0 Å². The minimum Gasteiger partial charge on any atom is -0.309 e. The van der Waals surface area contributed by atoms with Gasteiger partial charge >= 0.3 is 0 Å². The van der Waals surface area contributed by atoms with Gasteiger partial charge in [0.15, 0.2) is 0 Å². The number of aryl methyl sites for hydroxylation is 1. The van der Waals surface area contributed by atoms with E-state index >= 15 is 0 Å². The summed E-state index contributed by atoms with van der Waals surface area (Å²) >= 11 is 5.78. The normalized spacial score (nSPS) is 12.4. The van der Waals surface area contributed by atoms with Gasteiger partial charge in [-0.05, 0) is 49.7 Å². The number of hydrogen-bond donors (Lipinski definition) is 1. The lowest BCUT2D eigenvalue weighted by Gasteiger charge is -2.18. The number of benzene rings is 1. The van der Waals surface area contributed by atoms with Gasteiger partial charge in [0.25, 0.3) is 0 Å². The summed E-state index contributed by atoms with van der Waals surface area (Å²) in [7, 11) is 0. The molecular weight excluding hydrogens is 275 g/mol. The molecule has 0 aliphatic rings. The highest BCUT2D eigenvalue weighted by molar-refractivity contribution is 6.30. The van der Waals surface area contributed by atoms with E-state index in [1.54, 1.807) is 12.1 Å². The predicted octanol–water partition coefficient (Wildman–Crippen LogP) is 4.08. The van der Waals surface area contributed by atoms with E-state index < -0.39 is 0 Å². The van der Waals surface area contributed by atoms with Gasteiger partial charge in [-0.15, -0.1) is 0 Å². The molecule has 0 aliphatic carbocycles. The molecule has 1 aromatic carbocycles. The lowest BCUT2D eigenvalue weighted by Crippen LogP contribution is -2.24. The number of rotatable bonds is 5. The van der Waals surface area contributed by atoms with Gasteiger partial charge in [-0.1, -0.05) is 30.7 Å². The summed E-state index contributed by atoms with van der Waals surface area (Å²) in [6.45, 7) is 4.78. The number of nitrogens with one attached hydrogen (secondary N) is 1. The van der Waals surface area contributed by atoms with E-state index in [1.807, 2.05) is 32.0 Å². The van der Waals surface area contributed by atoms with Crippen molar-refractivity contribution < 1.29 is 4.39 Å². The maximum atomic E-state index is 13.9. The fourth-order valence-electron chi connectivity index (χ4n) is 2.19. The second-order valence-electron chi connectivity index (χ2n) is 4.75. The Morgan fingerprint density at radius 1 is 1.30 bits per heavy atom. The molecule has 1 heterocycles. The third-order valence-corrected chi connectivity index (χ3v) is 3.39. The van der Waals surface area contributed by atoms with Crippen LogP contribution in [0.3, 0.4) is 0 Å². The summed E-state index contributed by atoms with van der Waals surface area (Å²) in [6, 6.07) is 10.7. The number of hydrogen-bond acceptors (Lipinski definition) is 2. The summed E-state index contributed by atoms with van der Waals surface area (Å²) in [5.74, 6) is -0.270. The molecular formula is C16H18ClFN2. The van der Waals surface area contributed by atoms with Crippen LogP contribution in [0, 0.1) is 12.7 Å². The van der Waals surface area contributed by atoms with Gasteiger partial charge in [0.2, 0.25) is 0 Å². The smallest absolute Gasteiger partial charge is 0.127 e. The van der Waals surface area contributed by atoms with E-state index in [9.17, 15) is 4.39 Å². The van der Waals surface area contributed by atoms with E-state index in [-0.39, 0.29) is 11.9 Å². The Morgan fingerprint density at radius 3 is 2.75 bits per heavy atom. The van der Waals surface area contributed by atoms with Crippen molar-refractivity contribution in [1.29, 1.82) is 0 Å². The molecule has 1 N–H and O–H groups in total. The average molecular weight is 293 g/mol. The third-order valence-electron chi connectivity index (χ3n) is 3.16. The van der Waals surface area contributed by atoms with Gasteiger partial charge in [-0.3, -0.25) is 4.98 Å². The molecule has 2 rings (SSSR count). The van der Waals surface area contributed by atoms with Crippen molar-refractivity contribution in [1.82, 2.24) is 10.3 Å². The Hall–Kier alpha value is -1.45. The average Bonchev–Trinajstić information content (AvgIpc) is 2.41. The molecule has 106 valence electrons. The van der Waals surface area contributed by atoms with Gasteiger partial charge in [0, 0.05) is 10.7 Å². The van der Waals surface area contributed by atoms with Crippen molar-refractivity contribution in [2.24, 2.45) is 0 Å². The van der Waals surface area contributed by atoms with Crippen molar-refractivity contribution in [3.8, 4) is 0 Å². The first kappa shape index (κ1) is 14.9. The largest absolute Gasteiger partial charge is 0.309 e. The lowest BCUT2D eigenvalue weighted by atomic mass is 10.0. The van der Waals surface area contributed by atoms with Crippen LogP contribution in [0.4, 0.5) is 4.39 Å². The molecule has 0 aliphatic heterocycles. The van der Waals surface area contributed by atoms with Crippen LogP contribution in [-0.2, 0) is 6.42 Å². The summed E-state index contributed by atoms with van der Waals surface area (Å²) in [6.07, 6.45) is 0.549. The monoisotopic (exact) mass is 292 g/mol. The molecule has 2 nitrogen and oxygen atoms in total. The first-order valence-corrected chi connectivity index (χ1v) is 7.09. The Balaban J connectivity index is 2.25. The zero-order valence-electron chi connectivity index (χ0n) is 11.7. The Kier molecular flexibility index (Phi) is 5.10. The maximum Gasteiger partial charge on any atom is 0.127 e. The Labute approximate surface area is 124 Å². The highest BCUT2D eigenvalue weighted by atomic mass is 35.5. The van der Waals surface area contributed by atoms with Gasteiger partial charge < -0.3 is 5.32 Å². The van der Waals surface area contributed by atoms with Crippen LogP contribution in [0.15, 0.2) is 36.4 Å². The molecule has 0 radical (unpaired) electrons. The van der Waals surface area contributed by atoms with Gasteiger partial charge in [-0.25, -0.2) is 4.39 Å². The van der Waals surface area contributed by atoms with Crippen LogP contribution >= 0.6 is 11.6 Å². The van der Waals surface area contributed by atoms with E-state index in [0.29, 0.717) is 17.0 Å². The topological polar surface area (TPSA) is 24.9 Å². The molecule has 0 amide bonds. The molecule has 1 unspecified atom stereocenters. The van der Waals surface area contributed by atoms with E-state index in [1.165, 1.54) is 6.07 Å². The lowest BCUT2D eigenvalue weighted by molar-refractivity contribution is 0.517. The van der Waals surface area contributed by atoms with Gasteiger partial charge in [-0.2, -0.15) is 0 Å². The van der Waals surface area contributed by atoms with Crippen molar-refractivity contribution >= 4 is 11.6 Å². The molecule has 0 saturated heterocycles. The second kappa shape index (κ2) is 6.82. The molecule has 0 spiro atoms. The zero-order valence-corrected chi connectivity index (χ0v) is 12.4. The van der Waals surface area contributed by atoms with Crippen LogP contribution in [-0.4, -0.2) is 11.5 Å². The number of halogens is 2. The molecule has 1 atom stereocenters. The maximum absolute atomic E-state index is 13.9. The summed E-state index contributed by atoms with van der Waals surface area (Å²) in [4.78, 5) is 4.52. The number of aromatic nitrogens is 1. The standard InChI is InChI=1S/C16H18ClFN2/c1-3-19-16(15-6-4-5-11(2)20-15)9-12-7-8-13(17)10-14(12)18/h4-8,10,16,19H,3,9H2,1-2H3. The highest BCUT2D eigenvalue weighted by Crippen LogP contribution is 2.21. The first-order chi connectivity index (χ1) is 9.60. The Morgan fingerprint density at radius 2 is 2.10 bits per heavy atom. The zero-order chi connectivity index (χ0) is 14.5. The Bertz CT molecular complexity index is 586. The van der Waals surface area contributed by atoms with E-state index in [4.69, 9.17) is 11.6 Å². The summed E-state index contributed by atoms with van der Waals surface area (Å²) < 4.78 is 13.9. The first-order valence-electron chi connectivity index (χ1n) is 6.71. The van der Waals surface area contributed by atoms with Crippen LogP contribution < -0.4 is 5.32 Å². The van der Waals surface area contributed by atoms with Crippen molar-refractivity contribution in [3.05, 3.63) is 64.2 Å². The molecule has 0 bridgehead atoms. The molecule has 0 fully saturated rings. The quantitative estimate of drug-likeness (QED) is 0.898. The van der Waals surface area contributed by atoms with E-state index in [0.717, 1.165) is 17.9 Å². The van der Waals surface area contributed by atoms with Gasteiger partial charge in [0.1, 0.15) is 5.82 Å². The molecule has 0 saturated carbocycles. The predicted molar refractivity (Wildman–Crippen MR) is 80.5 cm³/mol. The fraction of sp³-hybridized carbons (Fsp3) is 0.312. The number of nitrogens with zero attached hydrogens (tertiary/aromatic N) is 1. The second-order valence-corrected chi connectivity index (χ2v) is 5.19. The summed E-state index contributed by atoms with van der Waals surface area (Å²) in [5.41, 5.74) is 2.53. The fourth-order valence-corrected chi connectivity index (χ4v) is 2.35. The number of likely N-dealkylation sites (N-methyl/N-ethyl adjacent to an activating group) is 1. The van der Waals surface area contributed by atoms with Crippen LogP contribution in [0.25, 0.3) is 0 Å². The van der Waals surface area contributed by atoms with Gasteiger partial charge in [0.05, 0.1) is 11.7 Å². The van der Waals surface area contributed by atoms with Crippen LogP contribution in [0.1, 0.15) is 29.9 Å². The van der Waals surface area contributed by atoms with Crippen LogP contribution in [0.2, 0.25) is 5.02 Å². The molecule has 20 heavy (non-hydrogen) atoms.